The van der Waals surface area contributed by atoms with Crippen LogP contribution in [-0.2, 0) is 4.79 Å². The fourth-order valence-electron chi connectivity index (χ4n) is 0.703. The summed E-state index contributed by atoms with van der Waals surface area (Å²) in [7, 11) is 0. The quantitative estimate of drug-likeness (QED) is 0.386. The van der Waals surface area contributed by atoms with Crippen molar-refractivity contribution in [3.63, 3.8) is 0 Å². The van der Waals surface area contributed by atoms with Crippen LogP contribution in [0, 0.1) is 5.92 Å². The Labute approximate surface area is 70.3 Å². The molecule has 0 radical (unpaired) electrons. The first-order chi connectivity index (χ1) is 5.54. The second-order valence-corrected chi connectivity index (χ2v) is 2.72. The van der Waals surface area contributed by atoms with Gasteiger partial charge in [-0.25, -0.2) is 0 Å². The van der Waals surface area contributed by atoms with E-state index < -0.39 is 30.5 Å². The van der Waals surface area contributed by atoms with Crippen molar-refractivity contribution in [3.8, 4) is 0 Å². The van der Waals surface area contributed by atoms with E-state index in [2.05, 4.69) is 0 Å². The van der Waals surface area contributed by atoms with E-state index in [0.717, 1.165) is 0 Å². The van der Waals surface area contributed by atoms with Gasteiger partial charge in [0.05, 0.1) is 6.10 Å². The summed E-state index contributed by atoms with van der Waals surface area (Å²) in [6.45, 7) is 0.353. The lowest BCUT2D eigenvalue weighted by atomic mass is 9.98. The molecule has 5 heteroatoms. The molecule has 3 unspecified atom stereocenters. The summed E-state index contributed by atoms with van der Waals surface area (Å²) >= 11 is 0. The van der Waals surface area contributed by atoms with Gasteiger partial charge in [0.1, 0.15) is 12.7 Å². The van der Waals surface area contributed by atoms with E-state index in [-0.39, 0.29) is 6.61 Å². The minimum Gasteiger partial charge on any atom is -0.396 e. The zero-order valence-electron chi connectivity index (χ0n) is 6.84. The number of rotatable bonds is 5. The van der Waals surface area contributed by atoms with Crippen molar-refractivity contribution in [2.24, 2.45) is 5.92 Å². The molecule has 0 amide bonds. The van der Waals surface area contributed by atoms with Gasteiger partial charge in [-0.15, -0.1) is 0 Å². The third-order valence-corrected chi connectivity index (χ3v) is 1.68. The first-order valence-corrected chi connectivity index (χ1v) is 3.65. The lowest BCUT2D eigenvalue weighted by Gasteiger charge is -2.20. The monoisotopic (exact) mass is 178 g/mol. The van der Waals surface area contributed by atoms with Crippen LogP contribution in [0.25, 0.3) is 0 Å². The minimum absolute atomic E-state index is 0.322. The maximum atomic E-state index is 10.6. The van der Waals surface area contributed by atoms with Crippen LogP contribution >= 0.6 is 0 Å². The second kappa shape index (κ2) is 5.21. The highest BCUT2D eigenvalue weighted by molar-refractivity contribution is 5.84. The Bertz CT molecular complexity index is 147. The molecule has 0 fully saturated rings. The lowest BCUT2D eigenvalue weighted by Crippen LogP contribution is -2.40. The van der Waals surface area contributed by atoms with Gasteiger partial charge in [-0.05, 0) is 0 Å². The van der Waals surface area contributed by atoms with Crippen molar-refractivity contribution < 1.29 is 25.2 Å². The Morgan fingerprint density at radius 1 is 1.33 bits per heavy atom. The zero-order chi connectivity index (χ0) is 9.72. The van der Waals surface area contributed by atoms with Crippen molar-refractivity contribution in [2.75, 3.05) is 13.2 Å². The van der Waals surface area contributed by atoms with Crippen molar-refractivity contribution in [1.29, 1.82) is 0 Å². The number of aliphatic hydroxyl groups excluding tert-OH is 4. The van der Waals surface area contributed by atoms with Gasteiger partial charge in [0.2, 0.25) is 0 Å². The van der Waals surface area contributed by atoms with Crippen LogP contribution < -0.4 is 0 Å². The van der Waals surface area contributed by atoms with Crippen LogP contribution in [0.1, 0.15) is 6.92 Å². The number of ketones is 1. The summed E-state index contributed by atoms with van der Waals surface area (Å²) in [6, 6.07) is 0. The molecule has 0 saturated carbocycles. The average Bonchev–Trinajstić information content (AvgIpc) is 2.12. The summed E-state index contributed by atoms with van der Waals surface area (Å²) in [5.41, 5.74) is 0. The number of aliphatic hydroxyl groups is 4. The molecule has 3 atom stereocenters. The summed E-state index contributed by atoms with van der Waals surface area (Å²) in [6.07, 6.45) is -2.94. The SMILES string of the molecule is CC(CO)C(O)C(O)C(=O)CO. The third kappa shape index (κ3) is 2.86. The van der Waals surface area contributed by atoms with Gasteiger partial charge in [0.25, 0.3) is 0 Å². The average molecular weight is 178 g/mol. The number of Topliss-reactive ketones (excluding diaryl/α,β-unsaturated/α-hetero) is 1. The predicted molar refractivity (Wildman–Crippen MR) is 40.4 cm³/mol. The number of hydrogen-bond acceptors (Lipinski definition) is 5. The Morgan fingerprint density at radius 3 is 2.17 bits per heavy atom. The summed E-state index contributed by atoms with van der Waals surface area (Å²) < 4.78 is 0. The summed E-state index contributed by atoms with van der Waals surface area (Å²) in [5.74, 6) is -1.43. The highest BCUT2D eigenvalue weighted by atomic mass is 16.3. The van der Waals surface area contributed by atoms with Gasteiger partial charge < -0.3 is 20.4 Å². The maximum Gasteiger partial charge on any atom is 0.189 e. The maximum absolute atomic E-state index is 10.6. The molecule has 0 aromatic carbocycles. The molecular formula is C7H14O5. The Kier molecular flexibility index (Phi) is 5.00. The Balaban J connectivity index is 4.08. The lowest BCUT2D eigenvalue weighted by molar-refractivity contribution is -0.138. The van der Waals surface area contributed by atoms with Crippen LogP contribution in [0.5, 0.6) is 0 Å². The van der Waals surface area contributed by atoms with Crippen molar-refractivity contribution >= 4 is 5.78 Å². The second-order valence-electron chi connectivity index (χ2n) is 2.72. The van der Waals surface area contributed by atoms with Gasteiger partial charge >= 0.3 is 0 Å². The highest BCUT2D eigenvalue weighted by Gasteiger charge is 2.27. The van der Waals surface area contributed by atoms with E-state index in [1.54, 1.807) is 0 Å². The molecule has 0 saturated heterocycles. The normalized spacial score (nSPS) is 18.4. The van der Waals surface area contributed by atoms with E-state index in [0.29, 0.717) is 0 Å². The minimum atomic E-state index is -1.61. The Morgan fingerprint density at radius 2 is 1.83 bits per heavy atom. The molecule has 0 spiro atoms. The molecule has 0 aliphatic rings. The van der Waals surface area contributed by atoms with Gasteiger partial charge in [0, 0.05) is 12.5 Å². The van der Waals surface area contributed by atoms with Crippen LogP contribution in [0.4, 0.5) is 0 Å². The zero-order valence-corrected chi connectivity index (χ0v) is 6.84. The van der Waals surface area contributed by atoms with E-state index in [1.165, 1.54) is 6.92 Å². The van der Waals surface area contributed by atoms with Gasteiger partial charge in [-0.2, -0.15) is 0 Å². The van der Waals surface area contributed by atoms with Crippen LogP contribution in [0.15, 0.2) is 0 Å². The van der Waals surface area contributed by atoms with Gasteiger partial charge in [-0.3, -0.25) is 4.79 Å². The standard InChI is InChI=1S/C7H14O5/c1-4(2-8)6(11)7(12)5(10)3-9/h4,6-9,11-12H,2-3H2,1H3. The Hall–Kier alpha value is -0.490. The predicted octanol–water partition coefficient (Wildman–Crippen LogP) is -2.10. The van der Waals surface area contributed by atoms with E-state index in [9.17, 15) is 4.79 Å². The van der Waals surface area contributed by atoms with Crippen LogP contribution in [0.3, 0.4) is 0 Å². The smallest absolute Gasteiger partial charge is 0.189 e. The largest absolute Gasteiger partial charge is 0.396 e. The fourth-order valence-corrected chi connectivity index (χ4v) is 0.703. The number of carbonyl (C=O) groups excluding carboxylic acids is 1. The van der Waals surface area contributed by atoms with Crippen LogP contribution in [-0.4, -0.2) is 51.6 Å². The molecule has 0 aliphatic heterocycles. The number of hydrogen-bond donors (Lipinski definition) is 4. The molecule has 0 bridgehead atoms. The molecule has 72 valence electrons. The highest BCUT2D eigenvalue weighted by Crippen LogP contribution is 2.07. The first kappa shape index (κ1) is 11.5. The van der Waals surface area contributed by atoms with Crippen molar-refractivity contribution in [1.82, 2.24) is 0 Å². The van der Waals surface area contributed by atoms with Crippen molar-refractivity contribution in [3.05, 3.63) is 0 Å². The molecule has 0 aromatic heterocycles. The number of carbonyl (C=O) groups is 1. The molecule has 0 aromatic rings. The molecule has 5 nitrogen and oxygen atoms in total. The third-order valence-electron chi connectivity index (χ3n) is 1.68. The van der Waals surface area contributed by atoms with Gasteiger partial charge in [0.15, 0.2) is 5.78 Å². The van der Waals surface area contributed by atoms with Crippen LogP contribution in [0.2, 0.25) is 0 Å². The molecule has 12 heavy (non-hydrogen) atoms. The molecular weight excluding hydrogens is 164 g/mol. The molecule has 4 N–H and O–H groups in total. The van der Waals surface area contributed by atoms with Crippen molar-refractivity contribution in [2.45, 2.75) is 19.1 Å². The molecule has 0 aliphatic carbocycles. The fraction of sp³-hybridized carbons (Fsp3) is 0.857. The van der Waals surface area contributed by atoms with Gasteiger partial charge in [-0.1, -0.05) is 6.92 Å². The van der Waals surface area contributed by atoms with E-state index in [4.69, 9.17) is 20.4 Å². The van der Waals surface area contributed by atoms with E-state index >= 15 is 0 Å². The summed E-state index contributed by atoms with van der Waals surface area (Å²) in [4.78, 5) is 10.6. The summed E-state index contributed by atoms with van der Waals surface area (Å²) in [5, 5.41) is 35.1. The molecule has 0 rings (SSSR count). The topological polar surface area (TPSA) is 98.0 Å². The first-order valence-electron chi connectivity index (χ1n) is 3.65. The molecule has 0 heterocycles. The van der Waals surface area contributed by atoms with E-state index in [1.807, 2.05) is 0 Å².